The van der Waals surface area contributed by atoms with Gasteiger partial charge in [0.05, 0.1) is 30.8 Å². The molecule has 0 bridgehead atoms. The van der Waals surface area contributed by atoms with Crippen LogP contribution in [0.4, 0.5) is 4.39 Å². The number of hydrogen-bond donors (Lipinski definition) is 0. The number of nitrogens with zero attached hydrogens (tertiary/aromatic N) is 5. The fourth-order valence-corrected chi connectivity index (χ4v) is 4.03. The van der Waals surface area contributed by atoms with E-state index < -0.39 is 5.82 Å². The second-order valence-corrected chi connectivity index (χ2v) is 7.32. The summed E-state index contributed by atoms with van der Waals surface area (Å²) in [5.74, 6) is 0.0641. The van der Waals surface area contributed by atoms with E-state index >= 15 is 0 Å². The Labute approximate surface area is 156 Å². The minimum atomic E-state index is -0.543. The zero-order valence-electron chi connectivity index (χ0n) is 13.3. The van der Waals surface area contributed by atoms with Crippen molar-refractivity contribution in [3.05, 3.63) is 50.1 Å². The van der Waals surface area contributed by atoms with Crippen LogP contribution in [0.1, 0.15) is 11.6 Å². The molecule has 0 spiro atoms. The van der Waals surface area contributed by atoms with Crippen molar-refractivity contribution in [2.45, 2.75) is 12.6 Å². The minimum Gasteiger partial charge on any atom is -0.381 e. The quantitative estimate of drug-likeness (QED) is 0.679. The molecule has 134 valence electrons. The summed E-state index contributed by atoms with van der Waals surface area (Å²) in [6, 6.07) is 4.68. The second-order valence-electron chi connectivity index (χ2n) is 6.55. The Hall–Kier alpha value is -2.03. The van der Waals surface area contributed by atoms with Gasteiger partial charge in [0.15, 0.2) is 16.2 Å². The molecule has 3 aromatic rings. The van der Waals surface area contributed by atoms with Gasteiger partial charge in [-0.05, 0) is 6.07 Å². The van der Waals surface area contributed by atoms with E-state index in [1.165, 1.54) is 15.4 Å². The largest absolute Gasteiger partial charge is 0.381 e. The third-order valence-electron chi connectivity index (χ3n) is 5.06. The van der Waals surface area contributed by atoms with Crippen LogP contribution in [0.15, 0.2) is 23.0 Å². The van der Waals surface area contributed by atoms with Crippen molar-refractivity contribution in [3.63, 3.8) is 0 Å². The Kier molecular flexibility index (Phi) is 3.57. The second kappa shape index (κ2) is 5.73. The average Bonchev–Trinajstić information content (AvgIpc) is 2.96. The Morgan fingerprint density at radius 3 is 2.77 bits per heavy atom. The molecule has 0 radical (unpaired) electrons. The maximum absolute atomic E-state index is 14.1. The normalized spacial score (nSPS) is 24.2. The van der Waals surface area contributed by atoms with Crippen LogP contribution in [0.25, 0.3) is 11.0 Å². The van der Waals surface area contributed by atoms with E-state index in [9.17, 15) is 9.18 Å². The van der Waals surface area contributed by atoms with Gasteiger partial charge in [-0.25, -0.2) is 13.8 Å². The van der Waals surface area contributed by atoms with E-state index in [1.54, 1.807) is 12.1 Å². The van der Waals surface area contributed by atoms with E-state index in [1.807, 2.05) is 0 Å². The van der Waals surface area contributed by atoms with Gasteiger partial charge in [-0.2, -0.15) is 5.10 Å². The number of hydrogen-bond acceptors (Lipinski definition) is 5. The van der Waals surface area contributed by atoms with Crippen molar-refractivity contribution in [1.29, 1.82) is 0 Å². The first-order chi connectivity index (χ1) is 12.6. The lowest BCUT2D eigenvalue weighted by Crippen LogP contribution is -2.26. The van der Waals surface area contributed by atoms with Crippen molar-refractivity contribution in [2.24, 2.45) is 11.8 Å². The van der Waals surface area contributed by atoms with Crippen molar-refractivity contribution in [1.82, 2.24) is 24.8 Å². The molecule has 5 rings (SSSR count). The molecule has 1 saturated heterocycles. The molecular formula is C16H12Cl2FN5O2. The Morgan fingerprint density at radius 1 is 1.23 bits per heavy atom. The highest BCUT2D eigenvalue weighted by molar-refractivity contribution is 6.33. The SMILES string of the molecule is O=c1c2nn(Cc3cccc(Cl)c3F)c(Cl)c2nnn1[C@@H]1[C@@H]2COC[C@@H]21. The van der Waals surface area contributed by atoms with E-state index in [0.29, 0.717) is 30.6 Å². The van der Waals surface area contributed by atoms with Crippen LogP contribution >= 0.6 is 23.2 Å². The smallest absolute Gasteiger partial charge is 0.298 e. The molecule has 2 aromatic heterocycles. The van der Waals surface area contributed by atoms with Crippen LogP contribution in [-0.4, -0.2) is 38.0 Å². The van der Waals surface area contributed by atoms with Gasteiger partial charge < -0.3 is 4.74 Å². The summed E-state index contributed by atoms with van der Waals surface area (Å²) in [6.45, 7) is 1.29. The van der Waals surface area contributed by atoms with Gasteiger partial charge in [0, 0.05) is 17.4 Å². The molecule has 3 atom stereocenters. The molecule has 1 saturated carbocycles. The van der Waals surface area contributed by atoms with Crippen LogP contribution in [0.2, 0.25) is 10.2 Å². The standard InChI is InChI=1S/C16H12Cl2FN5O2/c17-10-3-1-2-7(11(10)19)4-23-15(18)12-13(21-23)16(25)24(22-20-12)14-8-5-26-6-9(8)14/h1-3,8-9,14H,4-6H2/t8-,9+,14-. The van der Waals surface area contributed by atoms with E-state index in [-0.39, 0.29) is 39.4 Å². The molecule has 1 aliphatic carbocycles. The van der Waals surface area contributed by atoms with Crippen LogP contribution in [-0.2, 0) is 11.3 Å². The van der Waals surface area contributed by atoms with Crippen molar-refractivity contribution >= 4 is 34.2 Å². The molecule has 2 fully saturated rings. The first-order valence-corrected chi connectivity index (χ1v) is 8.84. The highest BCUT2D eigenvalue weighted by atomic mass is 35.5. The molecule has 0 unspecified atom stereocenters. The molecular weight excluding hydrogens is 384 g/mol. The van der Waals surface area contributed by atoms with Gasteiger partial charge in [0.1, 0.15) is 5.82 Å². The summed E-state index contributed by atoms with van der Waals surface area (Å²) >= 11 is 12.1. The summed E-state index contributed by atoms with van der Waals surface area (Å²) in [6.07, 6.45) is 0. The lowest BCUT2D eigenvalue weighted by molar-refractivity contribution is 0.149. The zero-order valence-corrected chi connectivity index (χ0v) is 14.8. The fourth-order valence-electron chi connectivity index (χ4n) is 3.61. The highest BCUT2D eigenvalue weighted by Gasteiger charge is 2.56. The number of fused-ring (bicyclic) bond motifs is 2. The van der Waals surface area contributed by atoms with E-state index in [0.717, 1.165) is 0 Å². The summed E-state index contributed by atoms with van der Waals surface area (Å²) in [7, 11) is 0. The third kappa shape index (κ3) is 2.29. The van der Waals surface area contributed by atoms with Crippen LogP contribution in [0.5, 0.6) is 0 Å². The molecule has 2 aliphatic rings. The number of ether oxygens (including phenoxy) is 1. The van der Waals surface area contributed by atoms with E-state index in [4.69, 9.17) is 27.9 Å². The number of halogens is 3. The van der Waals surface area contributed by atoms with Crippen LogP contribution in [0.3, 0.4) is 0 Å². The van der Waals surface area contributed by atoms with Crippen LogP contribution < -0.4 is 5.56 Å². The lowest BCUT2D eigenvalue weighted by Gasteiger charge is -2.05. The molecule has 0 amide bonds. The first-order valence-electron chi connectivity index (χ1n) is 8.08. The zero-order chi connectivity index (χ0) is 18.0. The van der Waals surface area contributed by atoms with Crippen molar-refractivity contribution in [3.8, 4) is 0 Å². The van der Waals surface area contributed by atoms with E-state index in [2.05, 4.69) is 15.4 Å². The van der Waals surface area contributed by atoms with Crippen LogP contribution in [0, 0.1) is 17.7 Å². The summed E-state index contributed by atoms with van der Waals surface area (Å²) in [5.41, 5.74) is 0.298. The predicted octanol–water partition coefficient (Wildman–Crippen LogP) is 2.30. The molecule has 3 heterocycles. The molecule has 0 N–H and O–H groups in total. The Balaban J connectivity index is 1.56. The maximum Gasteiger partial charge on any atom is 0.298 e. The summed E-state index contributed by atoms with van der Waals surface area (Å²) in [4.78, 5) is 12.8. The predicted molar refractivity (Wildman–Crippen MR) is 91.9 cm³/mol. The lowest BCUT2D eigenvalue weighted by atomic mass is 10.2. The highest BCUT2D eigenvalue weighted by Crippen LogP contribution is 2.53. The molecule has 10 heteroatoms. The van der Waals surface area contributed by atoms with Gasteiger partial charge in [-0.1, -0.05) is 40.5 Å². The number of benzene rings is 1. The van der Waals surface area contributed by atoms with Crippen molar-refractivity contribution < 1.29 is 9.13 Å². The molecule has 26 heavy (non-hydrogen) atoms. The topological polar surface area (TPSA) is 74.8 Å². The molecule has 7 nitrogen and oxygen atoms in total. The Morgan fingerprint density at radius 2 is 2.00 bits per heavy atom. The summed E-state index contributed by atoms with van der Waals surface area (Å²) < 4.78 is 22.2. The van der Waals surface area contributed by atoms with Gasteiger partial charge in [0.25, 0.3) is 5.56 Å². The fraction of sp³-hybridized carbons (Fsp3) is 0.375. The number of aromatic nitrogens is 5. The first kappa shape index (κ1) is 16.2. The average molecular weight is 396 g/mol. The summed E-state index contributed by atoms with van der Waals surface area (Å²) in [5, 5.41) is 12.5. The minimum absolute atomic E-state index is 0.00227. The Bertz CT molecular complexity index is 1090. The van der Waals surface area contributed by atoms with Crippen molar-refractivity contribution in [2.75, 3.05) is 13.2 Å². The maximum atomic E-state index is 14.1. The number of rotatable bonds is 3. The third-order valence-corrected chi connectivity index (χ3v) is 5.73. The molecule has 1 aromatic carbocycles. The van der Waals surface area contributed by atoms with Gasteiger partial charge in [-0.15, -0.1) is 5.10 Å². The van der Waals surface area contributed by atoms with Gasteiger partial charge in [-0.3, -0.25) is 4.79 Å². The molecule has 1 aliphatic heterocycles. The van der Waals surface area contributed by atoms with Gasteiger partial charge >= 0.3 is 0 Å². The monoisotopic (exact) mass is 395 g/mol. The van der Waals surface area contributed by atoms with Gasteiger partial charge in [0.2, 0.25) is 0 Å².